The van der Waals surface area contributed by atoms with Crippen LogP contribution in [0.15, 0.2) is 48.6 Å². The highest BCUT2D eigenvalue weighted by molar-refractivity contribution is 7.45. The minimum atomic E-state index is -4.71. The molecule has 0 saturated heterocycles. The van der Waals surface area contributed by atoms with Crippen molar-refractivity contribution in [3.05, 3.63) is 48.6 Å². The first kappa shape index (κ1) is 87.0. The number of carbonyl (C=O) groups excluding carboxylic acids is 2. The maximum atomic E-state index is 13.6. The van der Waals surface area contributed by atoms with Gasteiger partial charge in [-0.15, -0.1) is 0 Å². The zero-order valence-electron chi connectivity index (χ0n) is 60.2. The van der Waals surface area contributed by atoms with Gasteiger partial charge in [0.05, 0.1) is 33.8 Å². The van der Waals surface area contributed by atoms with Crippen molar-refractivity contribution in [1.29, 1.82) is 0 Å². The first-order chi connectivity index (χ1) is 43.4. The largest absolute Gasteiger partial charge is 0.756 e. The van der Waals surface area contributed by atoms with Gasteiger partial charge in [0.25, 0.3) is 7.82 Å². The van der Waals surface area contributed by atoms with E-state index in [1.807, 2.05) is 33.3 Å². The summed E-state index contributed by atoms with van der Waals surface area (Å²) in [6, 6.07) is -0.887. The number of likely N-dealkylation sites (N-methyl/N-ethyl adjacent to an activating group) is 1. The SMILES string of the molecule is CCCCC/C=C\C/C=C\CCCCCCCCCCCCCCCCCCCC(=O)NC(COP(=O)([O-])OCC[N+](C)(C)C)C(/C=C\CCCCCCCCCCCCC)OC(=O)CCCCCCCCCCCCCCC/C=C/CCCCCCCC. The third-order valence-electron chi connectivity index (χ3n) is 17.7. The van der Waals surface area contributed by atoms with Crippen molar-refractivity contribution in [2.24, 2.45) is 0 Å². The van der Waals surface area contributed by atoms with Crippen molar-refractivity contribution in [2.45, 2.75) is 405 Å². The first-order valence-electron chi connectivity index (χ1n) is 38.9. The lowest BCUT2D eigenvalue weighted by molar-refractivity contribution is -0.870. The number of hydrogen-bond acceptors (Lipinski definition) is 7. The molecule has 0 spiro atoms. The molecule has 10 heteroatoms. The van der Waals surface area contributed by atoms with Crippen LogP contribution in [0.3, 0.4) is 0 Å². The van der Waals surface area contributed by atoms with Crippen molar-refractivity contribution in [3.63, 3.8) is 0 Å². The summed E-state index contributed by atoms with van der Waals surface area (Å²) in [7, 11) is 1.20. The molecule has 524 valence electrons. The molecule has 1 amide bonds. The Kier molecular flexibility index (Phi) is 67.2. The van der Waals surface area contributed by atoms with Gasteiger partial charge >= 0.3 is 5.97 Å². The highest BCUT2D eigenvalue weighted by Gasteiger charge is 2.27. The van der Waals surface area contributed by atoms with Gasteiger partial charge in [0.15, 0.2) is 0 Å². The molecule has 9 nitrogen and oxygen atoms in total. The molecule has 0 aromatic heterocycles. The Morgan fingerprint density at radius 2 is 0.685 bits per heavy atom. The number of amides is 1. The van der Waals surface area contributed by atoms with E-state index < -0.39 is 20.0 Å². The van der Waals surface area contributed by atoms with E-state index in [1.165, 1.54) is 295 Å². The van der Waals surface area contributed by atoms with Gasteiger partial charge in [-0.25, -0.2) is 0 Å². The molecule has 0 heterocycles. The van der Waals surface area contributed by atoms with Crippen LogP contribution in [0.1, 0.15) is 393 Å². The van der Waals surface area contributed by atoms with Crippen LogP contribution in [-0.2, 0) is 27.9 Å². The van der Waals surface area contributed by atoms with E-state index in [0.29, 0.717) is 17.4 Å². The van der Waals surface area contributed by atoms with E-state index in [0.717, 1.165) is 64.2 Å². The van der Waals surface area contributed by atoms with Gasteiger partial charge in [-0.05, 0) is 89.5 Å². The number of ether oxygens (including phenoxy) is 1. The van der Waals surface area contributed by atoms with Crippen LogP contribution >= 0.6 is 7.82 Å². The van der Waals surface area contributed by atoms with Gasteiger partial charge in [0.1, 0.15) is 19.3 Å². The van der Waals surface area contributed by atoms with Crippen molar-refractivity contribution in [3.8, 4) is 0 Å². The summed E-state index contributed by atoms with van der Waals surface area (Å²) in [5, 5.41) is 3.06. The third kappa shape index (κ3) is 70.1. The number of nitrogens with zero attached hydrogens (tertiary/aromatic N) is 1. The molecule has 0 saturated carbocycles. The third-order valence-corrected chi connectivity index (χ3v) is 18.7. The average molecular weight is 1270 g/mol. The van der Waals surface area contributed by atoms with Crippen molar-refractivity contribution >= 4 is 19.7 Å². The summed E-state index contributed by atoms with van der Waals surface area (Å²) >= 11 is 0. The van der Waals surface area contributed by atoms with Crippen molar-refractivity contribution < 1.29 is 37.3 Å². The van der Waals surface area contributed by atoms with Crippen LogP contribution in [0, 0.1) is 0 Å². The van der Waals surface area contributed by atoms with Crippen molar-refractivity contribution in [1.82, 2.24) is 5.32 Å². The van der Waals surface area contributed by atoms with E-state index in [-0.39, 0.29) is 31.5 Å². The quantitative estimate of drug-likeness (QED) is 0.0212. The van der Waals surface area contributed by atoms with Crippen LogP contribution in [0.4, 0.5) is 0 Å². The molecule has 0 aromatic rings. The lowest BCUT2D eigenvalue weighted by Gasteiger charge is -2.30. The molecule has 3 atom stereocenters. The number of carbonyl (C=O) groups is 2. The standard InChI is InChI=1S/C79H151N2O7P/c1-7-10-13-16-19-22-25-28-30-32-34-36-38-39-40-41-43-44-46-48-50-53-56-59-62-65-68-71-78(82)80-76(75-87-89(84,85)86-74-73-81(4,5)6)77(70-67-64-61-58-55-52-27-24-21-18-15-12-9-3)88-79(83)72-69-66-63-60-57-54-51-49-47-45-42-37-35-33-31-29-26-23-20-17-14-11-8-2/h19,22,28-31,67,70,76-77H,7-18,20-21,23-27,32-66,68-69,71-75H2,1-6H3,(H-,80,82,84,85)/b22-19-,30-28-,31-29+,70-67-. The predicted octanol–water partition coefficient (Wildman–Crippen LogP) is 24.5. The Bertz CT molecular complexity index is 1660. The fraction of sp³-hybridized carbons (Fsp3) is 0.873. The van der Waals surface area contributed by atoms with Gasteiger partial charge < -0.3 is 28.5 Å². The number of allylic oxidation sites excluding steroid dienone is 7. The van der Waals surface area contributed by atoms with Crippen molar-refractivity contribution in [2.75, 3.05) is 40.9 Å². The van der Waals surface area contributed by atoms with Gasteiger partial charge in [-0.3, -0.25) is 14.2 Å². The molecular weight excluding hydrogens is 1120 g/mol. The second-order valence-electron chi connectivity index (χ2n) is 27.9. The summed E-state index contributed by atoms with van der Waals surface area (Å²) in [5.41, 5.74) is 0. The van der Waals surface area contributed by atoms with Gasteiger partial charge in [0.2, 0.25) is 5.91 Å². The Morgan fingerprint density at radius 1 is 0.393 bits per heavy atom. The Morgan fingerprint density at radius 3 is 1.04 bits per heavy atom. The summed E-state index contributed by atoms with van der Waals surface area (Å²) in [5.74, 6) is -0.519. The lowest BCUT2D eigenvalue weighted by atomic mass is 10.0. The van der Waals surface area contributed by atoms with Crippen LogP contribution in [-0.4, -0.2) is 69.4 Å². The molecule has 0 fully saturated rings. The molecule has 1 N–H and O–H groups in total. The number of phosphoric acid groups is 1. The smallest absolute Gasteiger partial charge is 0.306 e. The van der Waals surface area contributed by atoms with Crippen LogP contribution in [0.5, 0.6) is 0 Å². The van der Waals surface area contributed by atoms with E-state index >= 15 is 0 Å². The Labute approximate surface area is 554 Å². The number of hydrogen-bond donors (Lipinski definition) is 1. The molecule has 3 unspecified atom stereocenters. The lowest BCUT2D eigenvalue weighted by Crippen LogP contribution is -2.47. The van der Waals surface area contributed by atoms with Gasteiger partial charge in [-0.2, -0.15) is 0 Å². The number of esters is 1. The molecular formula is C79H151N2O7P. The zero-order chi connectivity index (χ0) is 64.9. The first-order valence-corrected chi connectivity index (χ1v) is 40.4. The van der Waals surface area contributed by atoms with E-state index in [2.05, 4.69) is 62.5 Å². The molecule has 0 bridgehead atoms. The fourth-order valence-electron chi connectivity index (χ4n) is 11.7. The Balaban J connectivity index is 4.96. The van der Waals surface area contributed by atoms with E-state index in [1.54, 1.807) is 0 Å². The summed E-state index contributed by atoms with van der Waals surface area (Å²) < 4.78 is 30.6. The average Bonchev–Trinajstić information content (AvgIpc) is 3.65. The van der Waals surface area contributed by atoms with E-state index in [4.69, 9.17) is 13.8 Å². The highest BCUT2D eigenvalue weighted by atomic mass is 31.2. The number of unbranched alkanes of at least 4 members (excludes halogenated alkanes) is 50. The minimum absolute atomic E-state index is 0.0199. The fourth-order valence-corrected chi connectivity index (χ4v) is 12.5. The molecule has 0 aromatic carbocycles. The maximum absolute atomic E-state index is 13.6. The summed E-state index contributed by atoms with van der Waals surface area (Å²) in [6.45, 7) is 6.89. The van der Waals surface area contributed by atoms with Crippen LogP contribution < -0.4 is 10.2 Å². The van der Waals surface area contributed by atoms with E-state index in [9.17, 15) is 19.0 Å². The van der Waals surface area contributed by atoms with Crippen LogP contribution in [0.25, 0.3) is 0 Å². The number of rotatable bonds is 72. The summed E-state index contributed by atoms with van der Waals surface area (Å²) in [6.07, 6.45) is 88.2. The molecule has 0 radical (unpaired) electrons. The molecule has 89 heavy (non-hydrogen) atoms. The normalized spacial score (nSPS) is 13.7. The topological polar surface area (TPSA) is 114 Å². The van der Waals surface area contributed by atoms with Crippen LogP contribution in [0.2, 0.25) is 0 Å². The highest BCUT2D eigenvalue weighted by Crippen LogP contribution is 2.38. The molecule has 0 aliphatic carbocycles. The number of phosphoric ester groups is 1. The second-order valence-corrected chi connectivity index (χ2v) is 29.3. The summed E-state index contributed by atoms with van der Waals surface area (Å²) in [4.78, 5) is 40.3. The number of nitrogens with one attached hydrogen (secondary N) is 1. The maximum Gasteiger partial charge on any atom is 0.306 e. The van der Waals surface area contributed by atoms with Gasteiger partial charge in [-0.1, -0.05) is 339 Å². The zero-order valence-corrected chi connectivity index (χ0v) is 61.1. The monoisotopic (exact) mass is 1270 g/mol. The number of quaternary nitrogens is 1. The van der Waals surface area contributed by atoms with Gasteiger partial charge in [0, 0.05) is 12.8 Å². The molecule has 0 aliphatic rings. The minimum Gasteiger partial charge on any atom is -0.756 e. The predicted molar refractivity (Wildman–Crippen MR) is 386 cm³/mol. The Hall–Kier alpha value is -2.03. The second kappa shape index (κ2) is 68.8. The molecule has 0 aliphatic heterocycles. The molecule has 0 rings (SSSR count).